The molecule has 0 aliphatic rings. The van der Waals surface area contributed by atoms with Gasteiger partial charge in [0.15, 0.2) is 0 Å². The minimum atomic E-state index is 0.520. The molecule has 1 aromatic heterocycles. The highest BCUT2D eigenvalue weighted by atomic mass is 79.9. The van der Waals surface area contributed by atoms with E-state index in [9.17, 15) is 0 Å². The molecule has 0 aliphatic heterocycles. The SMILES string of the molecule is Clc1ccc(-c2csc(NN=Cc3ccc(OCc4ccc(Br)cc4)cc3)n2)c(Cl)c1. The van der Waals surface area contributed by atoms with Crippen LogP contribution in [-0.4, -0.2) is 11.2 Å². The molecule has 4 rings (SSSR count). The molecule has 0 radical (unpaired) electrons. The molecule has 1 N–H and O–H groups in total. The monoisotopic (exact) mass is 531 g/mol. The number of anilines is 1. The van der Waals surface area contributed by atoms with Crippen molar-refractivity contribution in [2.45, 2.75) is 6.61 Å². The van der Waals surface area contributed by atoms with Crippen molar-refractivity contribution in [2.24, 2.45) is 5.10 Å². The van der Waals surface area contributed by atoms with Gasteiger partial charge in [0.2, 0.25) is 5.13 Å². The molecule has 31 heavy (non-hydrogen) atoms. The molecule has 0 amide bonds. The minimum Gasteiger partial charge on any atom is -0.489 e. The third-order valence-corrected chi connectivity index (χ3v) is 6.11. The fourth-order valence-corrected chi connectivity index (χ4v) is 4.13. The highest BCUT2D eigenvalue weighted by Crippen LogP contribution is 2.32. The fourth-order valence-electron chi connectivity index (χ4n) is 2.71. The lowest BCUT2D eigenvalue weighted by atomic mass is 10.2. The van der Waals surface area contributed by atoms with E-state index in [0.717, 1.165) is 32.6 Å². The summed E-state index contributed by atoms with van der Waals surface area (Å²) in [6.45, 7) is 0.520. The second kappa shape index (κ2) is 10.3. The first-order valence-corrected chi connectivity index (χ1v) is 11.7. The first-order valence-electron chi connectivity index (χ1n) is 9.24. The number of nitrogens with one attached hydrogen (secondary N) is 1. The van der Waals surface area contributed by atoms with Gasteiger partial charge in [-0.3, -0.25) is 5.43 Å². The van der Waals surface area contributed by atoms with Crippen molar-refractivity contribution in [3.8, 4) is 17.0 Å². The second-order valence-corrected chi connectivity index (χ2v) is 9.13. The summed E-state index contributed by atoms with van der Waals surface area (Å²) in [6.07, 6.45) is 1.73. The lowest BCUT2D eigenvalue weighted by molar-refractivity contribution is 0.306. The summed E-state index contributed by atoms with van der Waals surface area (Å²) >= 11 is 17.1. The third-order valence-electron chi connectivity index (χ3n) is 4.28. The van der Waals surface area contributed by atoms with Crippen LogP contribution in [0.5, 0.6) is 5.75 Å². The van der Waals surface area contributed by atoms with Crippen LogP contribution in [0.2, 0.25) is 10.0 Å². The molecule has 0 aliphatic carbocycles. The number of thiazole rings is 1. The van der Waals surface area contributed by atoms with Gasteiger partial charge in [-0.2, -0.15) is 5.10 Å². The van der Waals surface area contributed by atoms with Crippen LogP contribution < -0.4 is 10.2 Å². The molecular weight excluding hydrogens is 517 g/mol. The van der Waals surface area contributed by atoms with E-state index in [0.29, 0.717) is 21.8 Å². The molecule has 3 aromatic carbocycles. The molecule has 0 fully saturated rings. The maximum absolute atomic E-state index is 6.25. The molecule has 1 heterocycles. The number of aromatic nitrogens is 1. The number of halogens is 3. The molecule has 0 bridgehead atoms. The van der Waals surface area contributed by atoms with Crippen LogP contribution in [-0.2, 0) is 6.61 Å². The van der Waals surface area contributed by atoms with Gasteiger partial charge in [-0.05, 0) is 65.7 Å². The molecular formula is C23H16BrCl2N3OS. The Hall–Kier alpha value is -2.38. The van der Waals surface area contributed by atoms with Gasteiger partial charge in [0.05, 0.1) is 16.9 Å². The van der Waals surface area contributed by atoms with E-state index in [2.05, 4.69) is 31.4 Å². The molecule has 0 saturated carbocycles. The predicted octanol–water partition coefficient (Wildman–Crippen LogP) is 7.90. The number of benzene rings is 3. The van der Waals surface area contributed by atoms with Gasteiger partial charge >= 0.3 is 0 Å². The predicted molar refractivity (Wildman–Crippen MR) is 134 cm³/mol. The number of hydrazone groups is 1. The quantitative estimate of drug-likeness (QED) is 0.194. The van der Waals surface area contributed by atoms with Crippen LogP contribution in [0.25, 0.3) is 11.3 Å². The van der Waals surface area contributed by atoms with Gasteiger partial charge in [0.25, 0.3) is 0 Å². The van der Waals surface area contributed by atoms with Crippen molar-refractivity contribution >= 4 is 61.8 Å². The third kappa shape index (κ3) is 6.08. The van der Waals surface area contributed by atoms with E-state index in [1.807, 2.05) is 60.0 Å². The summed E-state index contributed by atoms with van der Waals surface area (Å²) in [7, 11) is 0. The Labute approximate surface area is 202 Å². The number of nitrogens with zero attached hydrogens (tertiary/aromatic N) is 2. The summed E-state index contributed by atoms with van der Waals surface area (Å²) in [5, 5.41) is 8.01. The van der Waals surface area contributed by atoms with Gasteiger partial charge < -0.3 is 4.74 Å². The van der Waals surface area contributed by atoms with Gasteiger partial charge in [-0.25, -0.2) is 4.98 Å². The van der Waals surface area contributed by atoms with Crippen molar-refractivity contribution in [2.75, 3.05) is 5.43 Å². The van der Waals surface area contributed by atoms with Crippen LogP contribution in [0.15, 0.2) is 81.7 Å². The Kier molecular flexibility index (Phi) is 7.25. The Balaban J connectivity index is 1.32. The van der Waals surface area contributed by atoms with E-state index >= 15 is 0 Å². The normalized spacial score (nSPS) is 11.1. The molecule has 4 aromatic rings. The highest BCUT2D eigenvalue weighted by molar-refractivity contribution is 9.10. The van der Waals surface area contributed by atoms with Crippen LogP contribution in [0.1, 0.15) is 11.1 Å². The molecule has 0 spiro atoms. The Morgan fingerprint density at radius 1 is 1.03 bits per heavy atom. The van der Waals surface area contributed by atoms with E-state index in [4.69, 9.17) is 27.9 Å². The van der Waals surface area contributed by atoms with Crippen molar-refractivity contribution in [1.29, 1.82) is 0 Å². The van der Waals surface area contributed by atoms with Crippen molar-refractivity contribution < 1.29 is 4.74 Å². The number of ether oxygens (including phenoxy) is 1. The zero-order chi connectivity index (χ0) is 21.6. The van der Waals surface area contributed by atoms with E-state index < -0.39 is 0 Å². The van der Waals surface area contributed by atoms with Crippen molar-refractivity contribution in [3.63, 3.8) is 0 Å². The summed E-state index contributed by atoms with van der Waals surface area (Å²) in [5.74, 6) is 0.803. The minimum absolute atomic E-state index is 0.520. The van der Waals surface area contributed by atoms with Gasteiger partial charge in [0, 0.05) is 20.4 Å². The molecule has 0 saturated heterocycles. The summed E-state index contributed by atoms with van der Waals surface area (Å²) < 4.78 is 6.87. The van der Waals surface area contributed by atoms with Crippen LogP contribution in [0.3, 0.4) is 0 Å². The molecule has 8 heteroatoms. The van der Waals surface area contributed by atoms with E-state index in [1.54, 1.807) is 18.3 Å². The Morgan fingerprint density at radius 2 is 1.81 bits per heavy atom. The molecule has 4 nitrogen and oxygen atoms in total. The van der Waals surface area contributed by atoms with Gasteiger partial charge in [0.1, 0.15) is 12.4 Å². The molecule has 156 valence electrons. The van der Waals surface area contributed by atoms with Crippen molar-refractivity contribution in [3.05, 3.63) is 97.8 Å². The standard InChI is InChI=1S/C23H16BrCl2N3OS/c24-17-5-1-16(2-6-17)13-30-19-8-3-15(4-9-19)12-27-29-23-28-22(14-31-23)20-10-7-18(25)11-21(20)26/h1-12,14H,13H2,(H,28,29). The fraction of sp³-hybridized carbons (Fsp3) is 0.0435. The first-order chi connectivity index (χ1) is 15.1. The lowest BCUT2D eigenvalue weighted by Crippen LogP contribution is -1.95. The maximum atomic E-state index is 6.25. The largest absolute Gasteiger partial charge is 0.489 e. The van der Waals surface area contributed by atoms with Gasteiger partial charge in [-0.1, -0.05) is 51.3 Å². The zero-order valence-electron chi connectivity index (χ0n) is 16.1. The molecule has 0 unspecified atom stereocenters. The Bertz CT molecular complexity index is 1190. The van der Waals surface area contributed by atoms with Crippen molar-refractivity contribution in [1.82, 2.24) is 4.98 Å². The average Bonchev–Trinajstić information content (AvgIpc) is 3.23. The van der Waals surface area contributed by atoms with Gasteiger partial charge in [-0.15, -0.1) is 11.3 Å². The number of hydrogen-bond acceptors (Lipinski definition) is 5. The van der Waals surface area contributed by atoms with Crippen LogP contribution in [0, 0.1) is 0 Å². The number of hydrogen-bond donors (Lipinski definition) is 1. The van der Waals surface area contributed by atoms with Crippen LogP contribution >= 0.6 is 50.5 Å². The summed E-state index contributed by atoms with van der Waals surface area (Å²) in [4.78, 5) is 4.52. The maximum Gasteiger partial charge on any atom is 0.203 e. The number of rotatable bonds is 7. The molecule has 0 atom stereocenters. The second-order valence-electron chi connectivity index (χ2n) is 6.52. The van der Waals surface area contributed by atoms with E-state index in [-0.39, 0.29) is 0 Å². The average molecular weight is 533 g/mol. The smallest absolute Gasteiger partial charge is 0.203 e. The van der Waals surface area contributed by atoms with E-state index in [1.165, 1.54) is 11.3 Å². The zero-order valence-corrected chi connectivity index (χ0v) is 20.0. The topological polar surface area (TPSA) is 46.5 Å². The highest BCUT2D eigenvalue weighted by Gasteiger charge is 2.08. The lowest BCUT2D eigenvalue weighted by Gasteiger charge is -2.06. The van der Waals surface area contributed by atoms with Crippen LogP contribution in [0.4, 0.5) is 5.13 Å². The summed E-state index contributed by atoms with van der Waals surface area (Å²) in [5.41, 5.74) is 6.62. The first kappa shape index (κ1) is 21.8. The Morgan fingerprint density at radius 3 is 2.55 bits per heavy atom. The summed E-state index contributed by atoms with van der Waals surface area (Å²) in [6, 6.07) is 21.1.